The molecule has 4 heterocycles. The zero-order valence-corrected chi connectivity index (χ0v) is 23.6. The number of fused-ring (bicyclic) bond motifs is 1. The summed E-state index contributed by atoms with van der Waals surface area (Å²) >= 11 is 7.67. The predicted molar refractivity (Wildman–Crippen MR) is 147 cm³/mol. The summed E-state index contributed by atoms with van der Waals surface area (Å²) in [6.45, 7) is 7.98. The first kappa shape index (κ1) is 28.7. The molecule has 1 aromatic carbocycles. The molecule has 0 bridgehead atoms. The van der Waals surface area contributed by atoms with E-state index in [4.69, 9.17) is 20.9 Å². The number of aliphatic hydroxyl groups excluding tert-OH is 1. The number of piperazine rings is 1. The highest BCUT2D eigenvalue weighted by molar-refractivity contribution is 7.18. The van der Waals surface area contributed by atoms with Crippen molar-refractivity contribution in [2.75, 3.05) is 39.3 Å². The summed E-state index contributed by atoms with van der Waals surface area (Å²) in [6.07, 6.45) is -3.82. The van der Waals surface area contributed by atoms with E-state index in [1.165, 1.54) is 0 Å². The normalized spacial score (nSPS) is 17.9. The van der Waals surface area contributed by atoms with Crippen LogP contribution in [0.15, 0.2) is 41.1 Å². The topological polar surface area (TPSA) is 87.8 Å². The van der Waals surface area contributed by atoms with Crippen LogP contribution >= 0.6 is 22.9 Å². The molecule has 214 valence electrons. The highest BCUT2D eigenvalue weighted by Crippen LogP contribution is 2.34. The van der Waals surface area contributed by atoms with E-state index >= 15 is 0 Å². The van der Waals surface area contributed by atoms with Crippen molar-refractivity contribution in [1.29, 1.82) is 0 Å². The minimum atomic E-state index is -4.52. The zero-order valence-electron chi connectivity index (χ0n) is 22.0. The minimum absolute atomic E-state index is 0.136. The molecule has 8 nitrogen and oxygen atoms in total. The van der Waals surface area contributed by atoms with E-state index in [0.29, 0.717) is 30.2 Å². The van der Waals surface area contributed by atoms with Crippen LogP contribution < -0.4 is 4.74 Å². The van der Waals surface area contributed by atoms with Gasteiger partial charge in [-0.15, -0.1) is 11.3 Å². The van der Waals surface area contributed by atoms with E-state index in [0.717, 1.165) is 53.7 Å². The maximum atomic E-state index is 12.9. The molecule has 3 aromatic heterocycles. The molecule has 2 atom stereocenters. The van der Waals surface area contributed by atoms with Crippen molar-refractivity contribution in [3.63, 3.8) is 0 Å². The van der Waals surface area contributed by atoms with Crippen LogP contribution in [-0.2, 0) is 12.6 Å². The fourth-order valence-electron chi connectivity index (χ4n) is 4.80. The number of hydrogen-bond donors (Lipinski definition) is 1. The second kappa shape index (κ2) is 12.0. The molecule has 0 unspecified atom stereocenters. The molecule has 1 N–H and O–H groups in total. The van der Waals surface area contributed by atoms with Crippen molar-refractivity contribution in [3.8, 4) is 17.1 Å². The molecule has 0 saturated carbocycles. The summed E-state index contributed by atoms with van der Waals surface area (Å²) in [4.78, 5) is 12.9. The lowest BCUT2D eigenvalue weighted by atomic mass is 10.1. The van der Waals surface area contributed by atoms with E-state index in [2.05, 4.69) is 31.8 Å². The van der Waals surface area contributed by atoms with Crippen molar-refractivity contribution in [2.24, 2.45) is 0 Å². The molecule has 1 saturated heterocycles. The van der Waals surface area contributed by atoms with Crippen molar-refractivity contribution in [2.45, 2.75) is 38.6 Å². The van der Waals surface area contributed by atoms with E-state index in [9.17, 15) is 18.3 Å². The lowest BCUT2D eigenvalue weighted by Crippen LogP contribution is -2.54. The molecule has 1 aliphatic rings. The number of β-amino-alcohol motifs (C(OH)–C–C–N with tert-alkyl or cyclic N) is 1. The maximum absolute atomic E-state index is 12.9. The van der Waals surface area contributed by atoms with E-state index in [-0.39, 0.29) is 23.4 Å². The number of thiazole rings is 1. The molecule has 0 radical (unpaired) electrons. The second-order valence-corrected chi connectivity index (χ2v) is 11.6. The Balaban J connectivity index is 1.07. The Morgan fingerprint density at radius 2 is 2.08 bits per heavy atom. The van der Waals surface area contributed by atoms with Crippen molar-refractivity contribution in [3.05, 3.63) is 57.9 Å². The number of halogens is 4. The van der Waals surface area contributed by atoms with Gasteiger partial charge in [0.1, 0.15) is 35.6 Å². The average Bonchev–Trinajstić information content (AvgIpc) is 3.51. The van der Waals surface area contributed by atoms with E-state index in [1.54, 1.807) is 17.4 Å². The standard InChI is InChI=1S/C27H29ClF3N5O3S/c1-16-13-35(14-19(37)15-38-20-3-4-25-23(10-20)33-17(2)40-25)7-8-36(16)6-5-21-11-24(34-39-21)26-22(28)9-18(12-32-26)27(29,30)31/h3-4,9-12,16,19,37H,5-8,13-15H2,1-2H3/t16-,19+/m0/s1. The van der Waals surface area contributed by atoms with E-state index in [1.807, 2.05) is 25.1 Å². The summed E-state index contributed by atoms with van der Waals surface area (Å²) in [5, 5.41) is 15.4. The first-order valence-corrected chi connectivity index (χ1v) is 14.1. The Morgan fingerprint density at radius 3 is 2.83 bits per heavy atom. The lowest BCUT2D eigenvalue weighted by molar-refractivity contribution is -0.137. The predicted octanol–water partition coefficient (Wildman–Crippen LogP) is 5.32. The Morgan fingerprint density at radius 1 is 1.25 bits per heavy atom. The molecule has 0 aliphatic carbocycles. The number of ether oxygens (including phenoxy) is 1. The van der Waals surface area contributed by atoms with E-state index < -0.39 is 17.8 Å². The van der Waals surface area contributed by atoms with Gasteiger partial charge in [-0.05, 0) is 32.0 Å². The minimum Gasteiger partial charge on any atom is -0.491 e. The average molecular weight is 596 g/mol. The number of hydrogen-bond acceptors (Lipinski definition) is 9. The highest BCUT2D eigenvalue weighted by Gasteiger charge is 2.32. The molecule has 1 aliphatic heterocycles. The number of benzene rings is 1. The Labute approximate surface area is 238 Å². The molecule has 40 heavy (non-hydrogen) atoms. The number of rotatable bonds is 9. The van der Waals surface area contributed by atoms with Crippen LogP contribution in [0, 0.1) is 6.92 Å². The van der Waals surface area contributed by atoms with Gasteiger partial charge in [0.15, 0.2) is 0 Å². The van der Waals surface area contributed by atoms with Gasteiger partial charge in [0.25, 0.3) is 0 Å². The quantitative estimate of drug-likeness (QED) is 0.278. The van der Waals surface area contributed by atoms with Gasteiger partial charge in [-0.2, -0.15) is 13.2 Å². The van der Waals surface area contributed by atoms with Gasteiger partial charge in [-0.25, -0.2) is 4.98 Å². The first-order valence-electron chi connectivity index (χ1n) is 12.9. The van der Waals surface area contributed by atoms with Crippen LogP contribution in [0.3, 0.4) is 0 Å². The van der Waals surface area contributed by atoms with Crippen molar-refractivity contribution >= 4 is 33.2 Å². The molecular weight excluding hydrogens is 567 g/mol. The second-order valence-electron chi connectivity index (χ2n) is 9.95. The molecule has 1 fully saturated rings. The number of aliphatic hydroxyl groups is 1. The first-order chi connectivity index (χ1) is 19.0. The third-order valence-electron chi connectivity index (χ3n) is 6.84. The van der Waals surface area contributed by atoms with Crippen LogP contribution in [0.4, 0.5) is 13.2 Å². The van der Waals surface area contributed by atoms with Crippen LogP contribution in [0.1, 0.15) is 23.3 Å². The molecule has 0 amide bonds. The third-order valence-corrected chi connectivity index (χ3v) is 8.08. The van der Waals surface area contributed by atoms with Gasteiger partial charge in [-0.1, -0.05) is 16.8 Å². The number of nitrogens with zero attached hydrogens (tertiary/aromatic N) is 5. The van der Waals surface area contributed by atoms with Gasteiger partial charge >= 0.3 is 6.18 Å². The number of pyridine rings is 1. The van der Waals surface area contributed by atoms with Gasteiger partial charge in [0.2, 0.25) is 0 Å². The number of aromatic nitrogens is 3. The zero-order chi connectivity index (χ0) is 28.4. The van der Waals surface area contributed by atoms with Crippen molar-refractivity contribution in [1.82, 2.24) is 24.9 Å². The molecule has 13 heteroatoms. The monoisotopic (exact) mass is 595 g/mol. The fourth-order valence-corrected chi connectivity index (χ4v) is 5.87. The van der Waals surface area contributed by atoms with Crippen molar-refractivity contribution < 1.29 is 27.5 Å². The van der Waals surface area contributed by atoms with Crippen LogP contribution in [0.25, 0.3) is 21.6 Å². The number of alkyl halides is 3. The largest absolute Gasteiger partial charge is 0.491 e. The van der Waals surface area contributed by atoms with Crippen LogP contribution in [0.2, 0.25) is 5.02 Å². The van der Waals surface area contributed by atoms with Crippen LogP contribution in [0.5, 0.6) is 5.75 Å². The molecule has 0 spiro atoms. The highest BCUT2D eigenvalue weighted by atomic mass is 35.5. The summed E-state index contributed by atoms with van der Waals surface area (Å²) in [6, 6.07) is 8.54. The smallest absolute Gasteiger partial charge is 0.417 e. The summed E-state index contributed by atoms with van der Waals surface area (Å²) in [5.74, 6) is 1.29. The lowest BCUT2D eigenvalue weighted by Gasteiger charge is -2.40. The third kappa shape index (κ3) is 6.92. The van der Waals surface area contributed by atoms with Gasteiger partial charge < -0.3 is 14.4 Å². The summed E-state index contributed by atoms with van der Waals surface area (Å²) in [5.41, 5.74) is 0.431. The summed E-state index contributed by atoms with van der Waals surface area (Å²) < 4.78 is 51.0. The fraction of sp³-hybridized carbons (Fsp3) is 0.444. The molecule has 4 aromatic rings. The Hall–Kier alpha value is -2.77. The molecular formula is C27H29ClF3N5O3S. The molecule has 5 rings (SSSR count). The summed E-state index contributed by atoms with van der Waals surface area (Å²) in [7, 11) is 0. The van der Waals surface area contributed by atoms with Crippen LogP contribution in [-0.4, -0.2) is 81.5 Å². The Kier molecular flexibility index (Phi) is 8.62. The van der Waals surface area contributed by atoms with Gasteiger partial charge in [-0.3, -0.25) is 14.8 Å². The number of aryl methyl sites for hydroxylation is 1. The Bertz CT molecular complexity index is 1460. The SMILES string of the molecule is Cc1nc2cc(OC[C@H](O)CN3CCN(CCc4cc(-c5ncc(C(F)(F)F)cc5Cl)no4)[C@@H](C)C3)ccc2s1. The maximum Gasteiger partial charge on any atom is 0.417 e. The van der Waals surface area contributed by atoms with Gasteiger partial charge in [0.05, 0.1) is 25.8 Å². The van der Waals surface area contributed by atoms with Gasteiger partial charge in [0, 0.05) is 63.5 Å².